The third kappa shape index (κ3) is 5.65. The Bertz CT molecular complexity index is 679. The van der Waals surface area contributed by atoms with Crippen molar-refractivity contribution in [3.8, 4) is 5.75 Å². The molecule has 0 radical (unpaired) electrons. The summed E-state index contributed by atoms with van der Waals surface area (Å²) in [4.78, 5) is 17.8. The summed E-state index contributed by atoms with van der Waals surface area (Å²) in [6.45, 7) is 6.04. The lowest BCUT2D eigenvalue weighted by Gasteiger charge is -2.36. The predicted molar refractivity (Wildman–Crippen MR) is 117 cm³/mol. The van der Waals surface area contributed by atoms with Crippen LogP contribution in [-0.2, 0) is 0 Å². The molecule has 2 saturated heterocycles. The fourth-order valence-corrected chi connectivity index (χ4v) is 5.19. The minimum Gasteiger partial charge on any atom is -0.489 e. The van der Waals surface area contributed by atoms with E-state index in [1.54, 1.807) is 6.07 Å². The molecule has 1 N–H and O–H groups in total. The molecule has 2 aliphatic heterocycles. The van der Waals surface area contributed by atoms with Crippen molar-refractivity contribution < 1.29 is 9.53 Å². The smallest absolute Gasteiger partial charge is 0.255 e. The molecule has 160 valence electrons. The quantitative estimate of drug-likeness (QED) is 0.726. The molecule has 0 unspecified atom stereocenters. The van der Waals surface area contributed by atoms with Gasteiger partial charge in [-0.15, -0.1) is 0 Å². The number of benzene rings is 1. The van der Waals surface area contributed by atoms with E-state index in [1.807, 2.05) is 12.1 Å². The first-order valence-corrected chi connectivity index (χ1v) is 11.8. The highest BCUT2D eigenvalue weighted by atomic mass is 35.5. The van der Waals surface area contributed by atoms with Gasteiger partial charge in [-0.2, -0.15) is 0 Å². The first kappa shape index (κ1) is 21.0. The molecule has 1 amide bonds. The first-order valence-electron chi connectivity index (χ1n) is 11.4. The van der Waals surface area contributed by atoms with Crippen LogP contribution in [0.2, 0.25) is 5.02 Å². The monoisotopic (exact) mass is 419 g/mol. The summed E-state index contributed by atoms with van der Waals surface area (Å²) in [7, 11) is 0. The summed E-state index contributed by atoms with van der Waals surface area (Å²) in [5, 5.41) is 3.62. The van der Waals surface area contributed by atoms with Crippen molar-refractivity contribution >= 4 is 17.5 Å². The second kappa shape index (κ2) is 10.1. The Kier molecular flexibility index (Phi) is 7.33. The fourth-order valence-electron chi connectivity index (χ4n) is 5.02. The van der Waals surface area contributed by atoms with Crippen LogP contribution in [0.4, 0.5) is 0 Å². The predicted octanol–water partition coefficient (Wildman–Crippen LogP) is 3.95. The first-order chi connectivity index (χ1) is 14.2. The number of carbonyl (C=O) groups is 1. The number of hydrogen-bond acceptors (Lipinski definition) is 4. The molecule has 3 aliphatic rings. The molecule has 2 heterocycles. The van der Waals surface area contributed by atoms with Gasteiger partial charge in [0.25, 0.3) is 5.91 Å². The lowest BCUT2D eigenvalue weighted by Crippen LogP contribution is -2.43. The van der Waals surface area contributed by atoms with Crippen LogP contribution in [0.1, 0.15) is 61.7 Å². The lowest BCUT2D eigenvalue weighted by molar-refractivity contribution is 0.0750. The van der Waals surface area contributed by atoms with E-state index < -0.39 is 0 Å². The van der Waals surface area contributed by atoms with Gasteiger partial charge in [-0.05, 0) is 69.8 Å². The summed E-state index contributed by atoms with van der Waals surface area (Å²) in [6, 6.07) is 6.17. The Hall–Kier alpha value is -1.30. The van der Waals surface area contributed by atoms with Gasteiger partial charge in [-0.1, -0.05) is 24.4 Å². The zero-order valence-electron chi connectivity index (χ0n) is 17.4. The van der Waals surface area contributed by atoms with E-state index in [4.69, 9.17) is 16.3 Å². The van der Waals surface area contributed by atoms with E-state index in [0.29, 0.717) is 22.9 Å². The van der Waals surface area contributed by atoms with Crippen molar-refractivity contribution in [3.05, 3.63) is 28.8 Å². The van der Waals surface area contributed by atoms with Crippen LogP contribution < -0.4 is 10.1 Å². The largest absolute Gasteiger partial charge is 0.489 e. The van der Waals surface area contributed by atoms with Gasteiger partial charge in [-0.3, -0.25) is 4.79 Å². The standard InChI is InChI=1S/C23H34ClN3O2/c24-18-7-8-22(21(17-18)23(28)25-11-16-26-12-3-4-13-26)29-20-9-14-27(15-10-20)19-5-1-2-6-19/h7-8,17,19-20H,1-6,9-16H2,(H,25,28). The van der Waals surface area contributed by atoms with Gasteiger partial charge in [-0.25, -0.2) is 0 Å². The lowest BCUT2D eigenvalue weighted by atomic mass is 10.0. The topological polar surface area (TPSA) is 44.8 Å². The molecule has 0 bridgehead atoms. The zero-order chi connectivity index (χ0) is 20.1. The normalized spacial score (nSPS) is 22.2. The highest BCUT2D eigenvalue weighted by Crippen LogP contribution is 2.29. The Labute approximate surface area is 179 Å². The highest BCUT2D eigenvalue weighted by molar-refractivity contribution is 6.31. The van der Waals surface area contributed by atoms with Crippen molar-refractivity contribution in [3.63, 3.8) is 0 Å². The molecule has 1 aliphatic carbocycles. The van der Waals surface area contributed by atoms with Crippen LogP contribution >= 0.6 is 11.6 Å². The second-order valence-corrected chi connectivity index (χ2v) is 9.17. The number of ether oxygens (including phenoxy) is 1. The summed E-state index contributed by atoms with van der Waals surface area (Å²) in [6.07, 6.45) is 10.2. The average Bonchev–Trinajstić information content (AvgIpc) is 3.44. The fraction of sp³-hybridized carbons (Fsp3) is 0.696. The van der Waals surface area contributed by atoms with Crippen molar-refractivity contribution in [2.45, 2.75) is 63.5 Å². The number of hydrogen-bond donors (Lipinski definition) is 1. The van der Waals surface area contributed by atoms with Crippen LogP contribution in [0.5, 0.6) is 5.75 Å². The maximum atomic E-state index is 12.8. The van der Waals surface area contributed by atoms with Crippen molar-refractivity contribution in [2.24, 2.45) is 0 Å². The minimum atomic E-state index is -0.0925. The van der Waals surface area contributed by atoms with Gasteiger partial charge in [0.05, 0.1) is 5.56 Å². The van der Waals surface area contributed by atoms with Crippen LogP contribution in [0.3, 0.4) is 0 Å². The van der Waals surface area contributed by atoms with Crippen LogP contribution in [0.25, 0.3) is 0 Å². The zero-order valence-corrected chi connectivity index (χ0v) is 18.1. The van der Waals surface area contributed by atoms with E-state index >= 15 is 0 Å². The number of halogens is 1. The van der Waals surface area contributed by atoms with Gasteiger partial charge in [0, 0.05) is 37.2 Å². The second-order valence-electron chi connectivity index (χ2n) is 8.74. The molecule has 4 rings (SSSR count). The molecular formula is C23H34ClN3O2. The summed E-state index contributed by atoms with van der Waals surface area (Å²) >= 11 is 6.18. The summed E-state index contributed by atoms with van der Waals surface area (Å²) in [5.74, 6) is 0.567. The van der Waals surface area contributed by atoms with Crippen molar-refractivity contribution in [2.75, 3.05) is 39.3 Å². The van der Waals surface area contributed by atoms with E-state index in [9.17, 15) is 4.79 Å². The van der Waals surface area contributed by atoms with Gasteiger partial charge in [0.15, 0.2) is 0 Å². The molecule has 0 spiro atoms. The number of nitrogens with one attached hydrogen (secondary N) is 1. The Morgan fingerprint density at radius 2 is 1.76 bits per heavy atom. The van der Waals surface area contributed by atoms with E-state index in [2.05, 4.69) is 15.1 Å². The minimum absolute atomic E-state index is 0.0925. The molecule has 1 saturated carbocycles. The molecule has 1 aromatic rings. The number of likely N-dealkylation sites (tertiary alicyclic amines) is 2. The number of nitrogens with zero attached hydrogens (tertiary/aromatic N) is 2. The number of carbonyl (C=O) groups excluding carboxylic acids is 1. The van der Waals surface area contributed by atoms with Gasteiger partial charge in [0.2, 0.25) is 0 Å². The van der Waals surface area contributed by atoms with Gasteiger partial charge >= 0.3 is 0 Å². The molecule has 3 fully saturated rings. The van der Waals surface area contributed by atoms with Crippen molar-refractivity contribution in [1.29, 1.82) is 0 Å². The Morgan fingerprint density at radius 3 is 2.48 bits per heavy atom. The number of rotatable bonds is 7. The third-order valence-electron chi connectivity index (χ3n) is 6.71. The number of piperidine rings is 1. The van der Waals surface area contributed by atoms with Crippen LogP contribution in [-0.4, -0.2) is 67.1 Å². The molecule has 29 heavy (non-hydrogen) atoms. The molecular weight excluding hydrogens is 386 g/mol. The van der Waals surface area contributed by atoms with Gasteiger partial charge in [0.1, 0.15) is 11.9 Å². The summed E-state index contributed by atoms with van der Waals surface area (Å²) in [5.41, 5.74) is 0.553. The highest BCUT2D eigenvalue weighted by Gasteiger charge is 2.28. The summed E-state index contributed by atoms with van der Waals surface area (Å²) < 4.78 is 6.30. The van der Waals surface area contributed by atoms with E-state index in [0.717, 1.165) is 51.6 Å². The maximum absolute atomic E-state index is 12.8. The molecule has 0 atom stereocenters. The Balaban J connectivity index is 1.31. The van der Waals surface area contributed by atoms with Crippen molar-refractivity contribution in [1.82, 2.24) is 15.1 Å². The van der Waals surface area contributed by atoms with Crippen LogP contribution in [0.15, 0.2) is 18.2 Å². The number of amides is 1. The maximum Gasteiger partial charge on any atom is 0.255 e. The molecule has 0 aromatic heterocycles. The molecule has 5 nitrogen and oxygen atoms in total. The Morgan fingerprint density at radius 1 is 1.03 bits per heavy atom. The van der Waals surface area contributed by atoms with E-state index in [1.165, 1.54) is 38.5 Å². The third-order valence-corrected chi connectivity index (χ3v) is 6.94. The van der Waals surface area contributed by atoms with Crippen LogP contribution in [0, 0.1) is 0 Å². The SMILES string of the molecule is O=C(NCCN1CCCC1)c1cc(Cl)ccc1OC1CCN(C2CCCC2)CC1. The molecule has 6 heteroatoms. The molecule has 1 aromatic carbocycles. The van der Waals surface area contributed by atoms with E-state index in [-0.39, 0.29) is 12.0 Å². The average molecular weight is 420 g/mol. The van der Waals surface area contributed by atoms with Gasteiger partial charge < -0.3 is 19.9 Å².